The highest BCUT2D eigenvalue weighted by atomic mass is 32.1. The van der Waals surface area contributed by atoms with Crippen molar-refractivity contribution in [1.82, 2.24) is 25.1 Å². The Kier molecular flexibility index (Phi) is 9.67. The Morgan fingerprint density at radius 2 is 1.84 bits per heavy atom. The lowest BCUT2D eigenvalue weighted by atomic mass is 9.83. The van der Waals surface area contributed by atoms with Gasteiger partial charge >= 0.3 is 0 Å². The lowest BCUT2D eigenvalue weighted by Crippen LogP contribution is -2.61. The van der Waals surface area contributed by atoms with Crippen LogP contribution in [0.4, 0.5) is 0 Å². The molecule has 0 aromatic carbocycles. The van der Waals surface area contributed by atoms with Gasteiger partial charge in [-0.15, -0.1) is 11.3 Å². The minimum absolute atomic E-state index is 0.0957. The molecule has 0 radical (unpaired) electrons. The van der Waals surface area contributed by atoms with Gasteiger partial charge in [0.25, 0.3) is 0 Å². The van der Waals surface area contributed by atoms with Crippen molar-refractivity contribution in [2.24, 2.45) is 5.41 Å². The molecule has 4 atom stereocenters. The van der Waals surface area contributed by atoms with Crippen LogP contribution < -0.4 is 5.32 Å². The molecule has 210 valence electrons. The van der Waals surface area contributed by atoms with Crippen molar-refractivity contribution in [3.05, 3.63) is 35.2 Å². The number of carbonyl (C=O) groups is 2. The molecular formula is C28H43N5O4S. The monoisotopic (exact) mass is 545 g/mol. The number of nitrogens with one attached hydrogen (secondary N) is 1. The van der Waals surface area contributed by atoms with Gasteiger partial charge in [0.2, 0.25) is 11.8 Å². The number of aliphatic hydroxyl groups is 2. The number of carbonyl (C=O) groups excluding carboxylic acids is 2. The van der Waals surface area contributed by atoms with Crippen molar-refractivity contribution in [3.8, 4) is 10.4 Å². The van der Waals surface area contributed by atoms with E-state index in [9.17, 15) is 19.8 Å². The lowest BCUT2D eigenvalue weighted by molar-refractivity contribution is -0.148. The molecule has 1 fully saturated rings. The summed E-state index contributed by atoms with van der Waals surface area (Å²) < 4.78 is 0. The molecule has 3 N–H and O–H groups in total. The maximum absolute atomic E-state index is 14.0. The third-order valence-electron chi connectivity index (χ3n) is 7.06. The molecule has 1 aliphatic rings. The average Bonchev–Trinajstić information content (AvgIpc) is 3.44. The highest BCUT2D eigenvalue weighted by Crippen LogP contribution is 2.32. The number of nitrogens with zero attached hydrogens (tertiary/aromatic N) is 4. The Labute approximate surface area is 230 Å². The second-order valence-corrected chi connectivity index (χ2v) is 12.6. The van der Waals surface area contributed by atoms with Crippen LogP contribution in [0.2, 0.25) is 0 Å². The van der Waals surface area contributed by atoms with E-state index >= 15 is 0 Å². The number of aromatic nitrogens is 2. The first-order chi connectivity index (χ1) is 17.8. The van der Waals surface area contributed by atoms with E-state index < -0.39 is 35.6 Å². The number of pyridine rings is 1. The molecule has 0 bridgehead atoms. The molecule has 3 rings (SSSR count). The Balaban J connectivity index is 1.82. The van der Waals surface area contributed by atoms with E-state index in [0.29, 0.717) is 5.69 Å². The van der Waals surface area contributed by atoms with Crippen LogP contribution in [0.1, 0.15) is 72.3 Å². The van der Waals surface area contributed by atoms with Crippen molar-refractivity contribution >= 4 is 23.2 Å². The number of amides is 2. The molecule has 0 aliphatic carbocycles. The van der Waals surface area contributed by atoms with Gasteiger partial charge in [-0.25, -0.2) is 4.98 Å². The molecule has 0 unspecified atom stereocenters. The molecule has 1 saturated heterocycles. The van der Waals surface area contributed by atoms with Crippen molar-refractivity contribution in [3.63, 3.8) is 0 Å². The summed E-state index contributed by atoms with van der Waals surface area (Å²) in [5.74, 6) is -0.578. The number of hydrogen-bond acceptors (Lipinski definition) is 8. The molecule has 10 heteroatoms. The molecule has 2 aromatic heterocycles. The van der Waals surface area contributed by atoms with Gasteiger partial charge in [0.15, 0.2) is 0 Å². The van der Waals surface area contributed by atoms with Crippen LogP contribution in [-0.4, -0.2) is 85.2 Å². The fourth-order valence-corrected chi connectivity index (χ4v) is 6.20. The number of β-amino-alcohol motifs (C(OH)–C–C–N with tert-alkyl or cyclic N) is 1. The molecule has 2 aromatic rings. The van der Waals surface area contributed by atoms with Gasteiger partial charge < -0.3 is 20.4 Å². The summed E-state index contributed by atoms with van der Waals surface area (Å²) in [5, 5.41) is 23.5. The van der Waals surface area contributed by atoms with E-state index in [2.05, 4.69) is 47.9 Å². The van der Waals surface area contributed by atoms with Gasteiger partial charge in [0, 0.05) is 36.8 Å². The highest BCUT2D eigenvalue weighted by Gasteiger charge is 2.47. The van der Waals surface area contributed by atoms with Crippen LogP contribution in [0, 0.1) is 12.3 Å². The fraction of sp³-hybridized carbons (Fsp3) is 0.643. The highest BCUT2D eigenvalue weighted by molar-refractivity contribution is 7.13. The third kappa shape index (κ3) is 6.59. The maximum atomic E-state index is 14.0. The Morgan fingerprint density at radius 1 is 1.18 bits per heavy atom. The van der Waals surface area contributed by atoms with Gasteiger partial charge in [0.1, 0.15) is 6.04 Å². The van der Waals surface area contributed by atoms with Gasteiger partial charge in [-0.2, -0.15) is 0 Å². The second-order valence-electron chi connectivity index (χ2n) is 11.8. The van der Waals surface area contributed by atoms with E-state index in [-0.39, 0.29) is 37.6 Å². The number of aliphatic hydroxyl groups excluding tert-OH is 2. The van der Waals surface area contributed by atoms with E-state index in [4.69, 9.17) is 0 Å². The van der Waals surface area contributed by atoms with Crippen LogP contribution in [0.25, 0.3) is 10.4 Å². The average molecular weight is 546 g/mol. The van der Waals surface area contributed by atoms with E-state index in [1.54, 1.807) is 17.8 Å². The molecule has 2 amide bonds. The summed E-state index contributed by atoms with van der Waals surface area (Å²) in [4.78, 5) is 41.0. The predicted octanol–water partition coefficient (Wildman–Crippen LogP) is 3.16. The number of aryl methyl sites for hydroxylation is 1. The summed E-state index contributed by atoms with van der Waals surface area (Å²) >= 11 is 1.53. The molecule has 9 nitrogen and oxygen atoms in total. The Morgan fingerprint density at radius 3 is 2.32 bits per heavy atom. The van der Waals surface area contributed by atoms with Crippen molar-refractivity contribution < 1.29 is 19.8 Å². The maximum Gasteiger partial charge on any atom is 0.243 e. The summed E-state index contributed by atoms with van der Waals surface area (Å²) in [6, 6.07) is 1.86. The Bertz CT molecular complexity index is 1090. The molecule has 38 heavy (non-hydrogen) atoms. The quantitative estimate of drug-likeness (QED) is 0.443. The Hall–Kier alpha value is -2.40. The van der Waals surface area contributed by atoms with Crippen molar-refractivity contribution in [2.75, 3.05) is 13.2 Å². The zero-order valence-electron chi connectivity index (χ0n) is 23.8. The number of rotatable bonds is 9. The van der Waals surface area contributed by atoms with Crippen LogP contribution in [0.3, 0.4) is 0 Å². The minimum Gasteiger partial charge on any atom is -0.394 e. The first-order valence-electron chi connectivity index (χ1n) is 13.3. The number of hydrogen-bond donors (Lipinski definition) is 3. The normalized spacial score (nSPS) is 19.9. The zero-order valence-corrected chi connectivity index (χ0v) is 24.6. The topological polar surface area (TPSA) is 119 Å². The summed E-state index contributed by atoms with van der Waals surface area (Å²) in [6.07, 6.45) is 1.06. The van der Waals surface area contributed by atoms with Gasteiger partial charge in [-0.05, 0) is 46.1 Å². The lowest BCUT2D eigenvalue weighted by Gasteiger charge is -2.45. The van der Waals surface area contributed by atoms with Crippen molar-refractivity contribution in [1.29, 1.82) is 0 Å². The predicted molar refractivity (Wildman–Crippen MR) is 150 cm³/mol. The molecule has 3 heterocycles. The standard InChI is InChI=1S/C28H43N5O4S/c1-16(2)33(17(3)4)25(28(6,7)8)27(37)32-13-20(35)11-23(32)26(36)31-22(14-34)21-10-9-19(12-29-21)24-18(5)30-15-38-24/h9-10,12,15-17,20,22-23,25,34-35H,11,13-14H2,1-8H3,(H,31,36)/t20-,22+,23+,25-/m1/s1. The molecule has 0 saturated carbocycles. The zero-order chi connectivity index (χ0) is 28.4. The number of likely N-dealkylation sites (tertiary alicyclic amines) is 1. The van der Waals surface area contributed by atoms with Gasteiger partial charge in [-0.1, -0.05) is 26.8 Å². The summed E-state index contributed by atoms with van der Waals surface area (Å²) in [5.41, 5.74) is 3.74. The van der Waals surface area contributed by atoms with Crippen LogP contribution >= 0.6 is 11.3 Å². The summed E-state index contributed by atoms with van der Waals surface area (Å²) in [7, 11) is 0. The number of thiazole rings is 1. The minimum atomic E-state index is -0.836. The van der Waals surface area contributed by atoms with Crippen LogP contribution in [-0.2, 0) is 9.59 Å². The van der Waals surface area contributed by atoms with E-state index in [1.165, 1.54) is 16.2 Å². The first kappa shape index (κ1) is 30.1. The second kappa shape index (κ2) is 12.2. The third-order valence-corrected chi connectivity index (χ3v) is 8.04. The fourth-order valence-electron chi connectivity index (χ4n) is 5.41. The first-order valence-corrected chi connectivity index (χ1v) is 14.2. The molecule has 1 aliphatic heterocycles. The molecular weight excluding hydrogens is 502 g/mol. The SMILES string of the molecule is Cc1ncsc1-c1ccc([C@H](CO)NC(=O)[C@@H]2C[C@@H](O)CN2C(=O)[C@@H](N(C(C)C)C(C)C)C(C)(C)C)nc1. The van der Waals surface area contributed by atoms with E-state index in [1.807, 2.05) is 33.8 Å². The summed E-state index contributed by atoms with van der Waals surface area (Å²) in [6.45, 7) is 16.0. The van der Waals surface area contributed by atoms with E-state index in [0.717, 1.165) is 16.1 Å². The van der Waals surface area contributed by atoms with Gasteiger partial charge in [0.05, 0.1) is 46.6 Å². The van der Waals surface area contributed by atoms with Crippen LogP contribution in [0.5, 0.6) is 0 Å². The largest absolute Gasteiger partial charge is 0.394 e. The molecule has 0 spiro atoms. The van der Waals surface area contributed by atoms with Crippen molar-refractivity contribution in [2.45, 2.75) is 98.1 Å². The van der Waals surface area contributed by atoms with Crippen LogP contribution in [0.15, 0.2) is 23.8 Å². The van der Waals surface area contributed by atoms with Gasteiger partial charge in [-0.3, -0.25) is 19.5 Å². The smallest absolute Gasteiger partial charge is 0.243 e.